The van der Waals surface area contributed by atoms with Gasteiger partial charge in [0.2, 0.25) is 0 Å². The van der Waals surface area contributed by atoms with Crippen molar-refractivity contribution >= 4 is 5.82 Å². The Morgan fingerprint density at radius 1 is 1.37 bits per heavy atom. The third-order valence-corrected chi connectivity index (χ3v) is 3.11. The summed E-state index contributed by atoms with van der Waals surface area (Å²) in [6.45, 7) is 5.74. The molecule has 0 unspecified atom stereocenters. The van der Waals surface area contributed by atoms with Crippen molar-refractivity contribution in [1.82, 2.24) is 15.0 Å². The Bertz CT molecular complexity index is 504. The Morgan fingerprint density at radius 2 is 2.21 bits per heavy atom. The molecule has 0 aliphatic rings. The zero-order valence-electron chi connectivity index (χ0n) is 11.5. The van der Waals surface area contributed by atoms with Gasteiger partial charge in [0.05, 0.1) is 0 Å². The average Bonchev–Trinajstić information content (AvgIpc) is 2.92. The van der Waals surface area contributed by atoms with Gasteiger partial charge in [0.1, 0.15) is 11.6 Å². The van der Waals surface area contributed by atoms with Crippen molar-refractivity contribution in [2.24, 2.45) is 5.73 Å². The van der Waals surface area contributed by atoms with E-state index in [-0.39, 0.29) is 5.41 Å². The van der Waals surface area contributed by atoms with Gasteiger partial charge in [0, 0.05) is 36.5 Å². The fourth-order valence-electron chi connectivity index (χ4n) is 1.91. The van der Waals surface area contributed by atoms with Gasteiger partial charge in [-0.25, -0.2) is 9.97 Å². The van der Waals surface area contributed by atoms with E-state index >= 15 is 0 Å². The van der Waals surface area contributed by atoms with Crippen molar-refractivity contribution < 1.29 is 0 Å². The van der Waals surface area contributed by atoms with E-state index in [2.05, 4.69) is 40.2 Å². The van der Waals surface area contributed by atoms with Crippen LogP contribution in [0.4, 0.5) is 5.82 Å². The van der Waals surface area contributed by atoms with E-state index in [9.17, 15) is 0 Å². The summed E-state index contributed by atoms with van der Waals surface area (Å²) in [5, 5.41) is 3.36. The first-order chi connectivity index (χ1) is 9.12. The van der Waals surface area contributed by atoms with Crippen molar-refractivity contribution in [3.05, 3.63) is 42.1 Å². The third-order valence-electron chi connectivity index (χ3n) is 3.11. The zero-order valence-corrected chi connectivity index (χ0v) is 11.5. The van der Waals surface area contributed by atoms with E-state index in [1.54, 1.807) is 6.20 Å². The third kappa shape index (κ3) is 3.54. The molecule has 102 valence electrons. The molecule has 2 aromatic rings. The van der Waals surface area contributed by atoms with Crippen molar-refractivity contribution in [2.45, 2.75) is 25.7 Å². The van der Waals surface area contributed by atoms with Gasteiger partial charge in [0.15, 0.2) is 0 Å². The molecule has 2 rings (SSSR count). The summed E-state index contributed by atoms with van der Waals surface area (Å²) in [7, 11) is 0. The van der Waals surface area contributed by atoms with Gasteiger partial charge < -0.3 is 16.0 Å². The minimum Gasteiger partial charge on any atom is -0.369 e. The number of nitrogens with one attached hydrogen (secondary N) is 2. The first kappa shape index (κ1) is 13.5. The Kier molecular flexibility index (Phi) is 4.16. The maximum absolute atomic E-state index is 5.51. The van der Waals surface area contributed by atoms with E-state index in [1.807, 2.05) is 18.3 Å². The maximum Gasteiger partial charge on any atom is 0.131 e. The van der Waals surface area contributed by atoms with Crippen molar-refractivity contribution in [2.75, 3.05) is 18.4 Å². The molecule has 0 aromatic carbocycles. The molecule has 2 heterocycles. The molecule has 0 amide bonds. The molecular weight excluding hydrogens is 238 g/mol. The Hall–Kier alpha value is -1.88. The van der Waals surface area contributed by atoms with Gasteiger partial charge >= 0.3 is 0 Å². The fraction of sp³-hybridized carbons (Fsp3) is 0.429. The summed E-state index contributed by atoms with van der Waals surface area (Å²) in [4.78, 5) is 11.9. The molecule has 0 radical (unpaired) electrons. The summed E-state index contributed by atoms with van der Waals surface area (Å²) < 4.78 is 0. The monoisotopic (exact) mass is 259 g/mol. The average molecular weight is 259 g/mol. The lowest BCUT2D eigenvalue weighted by atomic mass is 9.89. The van der Waals surface area contributed by atoms with Gasteiger partial charge in [-0.05, 0) is 24.7 Å². The molecule has 0 spiro atoms. The van der Waals surface area contributed by atoms with Crippen LogP contribution in [0.3, 0.4) is 0 Å². The molecule has 5 heteroatoms. The minimum atomic E-state index is 0.0163. The van der Waals surface area contributed by atoms with Crippen LogP contribution < -0.4 is 11.1 Å². The smallest absolute Gasteiger partial charge is 0.131 e. The highest BCUT2D eigenvalue weighted by Gasteiger charge is 2.21. The first-order valence-electron chi connectivity index (χ1n) is 6.51. The normalized spacial score (nSPS) is 11.5. The predicted octanol–water partition coefficient (Wildman–Crippen LogP) is 1.70. The molecule has 4 N–H and O–H groups in total. The molecule has 2 aromatic heterocycles. The zero-order chi connectivity index (χ0) is 13.7. The number of rotatable bonds is 6. The lowest BCUT2D eigenvalue weighted by molar-refractivity contribution is 0.540. The molecule has 0 saturated heterocycles. The van der Waals surface area contributed by atoms with Gasteiger partial charge in [-0.15, -0.1) is 0 Å². The highest BCUT2D eigenvalue weighted by atomic mass is 15.0. The first-order valence-corrected chi connectivity index (χ1v) is 6.51. The van der Waals surface area contributed by atoms with Gasteiger partial charge in [-0.1, -0.05) is 13.8 Å². The number of nitrogens with zero attached hydrogens (tertiary/aromatic N) is 2. The summed E-state index contributed by atoms with van der Waals surface area (Å²) in [5.74, 6) is 1.63. The number of aromatic nitrogens is 3. The van der Waals surface area contributed by atoms with Crippen molar-refractivity contribution in [1.29, 1.82) is 0 Å². The van der Waals surface area contributed by atoms with Crippen LogP contribution >= 0.6 is 0 Å². The Morgan fingerprint density at radius 3 is 2.89 bits per heavy atom. The number of hydrogen-bond acceptors (Lipinski definition) is 4. The lowest BCUT2D eigenvalue weighted by Crippen LogP contribution is -2.28. The van der Waals surface area contributed by atoms with Gasteiger partial charge in [-0.2, -0.15) is 0 Å². The topological polar surface area (TPSA) is 79.6 Å². The second-order valence-corrected chi connectivity index (χ2v) is 5.22. The van der Waals surface area contributed by atoms with Crippen LogP contribution in [0.15, 0.2) is 30.6 Å². The number of hydrogen-bond donors (Lipinski definition) is 3. The van der Waals surface area contributed by atoms with E-state index < -0.39 is 0 Å². The van der Waals surface area contributed by atoms with E-state index in [1.165, 1.54) is 5.69 Å². The predicted molar refractivity (Wildman–Crippen MR) is 77.1 cm³/mol. The number of anilines is 1. The Labute approximate surface area is 113 Å². The standard InChI is InChI=1S/C14H21N5/c1-14(2,11-4-3-8-16-11)10-18-13-6-9-17-12(19-13)5-7-15/h3-4,6,8-9,16H,5,7,10,15H2,1-2H3,(H,17,18,19). The molecular formula is C14H21N5. The fourth-order valence-corrected chi connectivity index (χ4v) is 1.91. The van der Waals surface area contributed by atoms with E-state index in [0.29, 0.717) is 13.0 Å². The second kappa shape index (κ2) is 5.84. The van der Waals surface area contributed by atoms with Gasteiger partial charge in [0.25, 0.3) is 0 Å². The highest BCUT2D eigenvalue weighted by Crippen LogP contribution is 2.21. The maximum atomic E-state index is 5.51. The van der Waals surface area contributed by atoms with Crippen molar-refractivity contribution in [3.63, 3.8) is 0 Å². The Balaban J connectivity index is 2.00. The number of aromatic amines is 1. The summed E-state index contributed by atoms with van der Waals surface area (Å²) >= 11 is 0. The van der Waals surface area contributed by atoms with Crippen LogP contribution in [0.5, 0.6) is 0 Å². The second-order valence-electron chi connectivity index (χ2n) is 5.22. The SMILES string of the molecule is CC(C)(CNc1ccnc(CCN)n1)c1ccc[nH]1. The molecule has 19 heavy (non-hydrogen) atoms. The molecule has 5 nitrogen and oxygen atoms in total. The molecule has 0 aliphatic carbocycles. The van der Waals surface area contributed by atoms with E-state index in [0.717, 1.165) is 18.2 Å². The minimum absolute atomic E-state index is 0.0163. The number of H-pyrrole nitrogens is 1. The van der Waals surface area contributed by atoms with Crippen molar-refractivity contribution in [3.8, 4) is 0 Å². The van der Waals surface area contributed by atoms with Crippen LogP contribution in [0.25, 0.3) is 0 Å². The molecule has 0 atom stereocenters. The van der Waals surface area contributed by atoms with Crippen LogP contribution in [0.2, 0.25) is 0 Å². The van der Waals surface area contributed by atoms with Gasteiger partial charge in [-0.3, -0.25) is 0 Å². The van der Waals surface area contributed by atoms with E-state index in [4.69, 9.17) is 5.73 Å². The lowest BCUT2D eigenvalue weighted by Gasteiger charge is -2.24. The molecule has 0 fully saturated rings. The van der Waals surface area contributed by atoms with Crippen LogP contribution in [-0.4, -0.2) is 28.0 Å². The quantitative estimate of drug-likeness (QED) is 0.737. The largest absolute Gasteiger partial charge is 0.369 e. The molecule has 0 bridgehead atoms. The molecule has 0 aliphatic heterocycles. The molecule has 0 saturated carbocycles. The highest BCUT2D eigenvalue weighted by molar-refractivity contribution is 5.34. The van der Waals surface area contributed by atoms with Crippen LogP contribution in [0.1, 0.15) is 25.4 Å². The van der Waals surface area contributed by atoms with Crippen LogP contribution in [-0.2, 0) is 11.8 Å². The summed E-state index contributed by atoms with van der Waals surface area (Å²) in [5.41, 5.74) is 6.73. The summed E-state index contributed by atoms with van der Waals surface area (Å²) in [6.07, 6.45) is 4.42. The summed E-state index contributed by atoms with van der Waals surface area (Å²) in [6, 6.07) is 5.99. The van der Waals surface area contributed by atoms with Crippen LogP contribution in [0, 0.1) is 0 Å². The number of nitrogens with two attached hydrogens (primary N) is 1.